The summed E-state index contributed by atoms with van der Waals surface area (Å²) in [5, 5.41) is 3.69. The van der Waals surface area contributed by atoms with Crippen LogP contribution in [0.15, 0.2) is 48.5 Å². The molecule has 1 N–H and O–H groups in total. The molecule has 3 rings (SSSR count). The fourth-order valence-electron chi connectivity index (χ4n) is 3.28. The van der Waals surface area contributed by atoms with Crippen molar-refractivity contribution in [2.45, 2.75) is 25.4 Å². The summed E-state index contributed by atoms with van der Waals surface area (Å²) in [6, 6.07) is 15.9. The summed E-state index contributed by atoms with van der Waals surface area (Å²) in [6.45, 7) is 1.87. The first kappa shape index (κ1) is 17.8. The quantitative estimate of drug-likeness (QED) is 0.853. The van der Waals surface area contributed by atoms with E-state index in [4.69, 9.17) is 16.3 Å². The molecule has 4 nitrogen and oxygen atoms in total. The fourth-order valence-corrected chi connectivity index (χ4v) is 3.41. The largest absolute Gasteiger partial charge is 0.497 e. The number of carbonyl (C=O) groups excluding carboxylic acids is 1. The maximum Gasteiger partial charge on any atom is 0.234 e. The Bertz CT molecular complexity index is 718. The molecule has 0 spiro atoms. The highest BCUT2D eigenvalue weighted by molar-refractivity contribution is 6.30. The van der Waals surface area contributed by atoms with Gasteiger partial charge in [-0.2, -0.15) is 0 Å². The zero-order valence-corrected chi connectivity index (χ0v) is 15.1. The van der Waals surface area contributed by atoms with Gasteiger partial charge in [0.1, 0.15) is 5.75 Å². The van der Waals surface area contributed by atoms with Gasteiger partial charge in [-0.05, 0) is 54.8 Å². The number of carbonyl (C=O) groups is 1. The van der Waals surface area contributed by atoms with Gasteiger partial charge in [0.2, 0.25) is 5.91 Å². The summed E-state index contributed by atoms with van der Waals surface area (Å²) in [7, 11) is 1.68. The van der Waals surface area contributed by atoms with Crippen LogP contribution < -0.4 is 10.1 Å². The fraction of sp³-hybridized carbons (Fsp3) is 0.350. The molecule has 1 aliphatic heterocycles. The van der Waals surface area contributed by atoms with Crippen LogP contribution in [-0.4, -0.2) is 31.0 Å². The van der Waals surface area contributed by atoms with Crippen LogP contribution in [0.3, 0.4) is 0 Å². The van der Waals surface area contributed by atoms with Crippen molar-refractivity contribution in [1.29, 1.82) is 0 Å². The molecule has 132 valence electrons. The number of benzene rings is 2. The summed E-state index contributed by atoms with van der Waals surface area (Å²) >= 11 is 5.88. The highest BCUT2D eigenvalue weighted by Crippen LogP contribution is 2.33. The van der Waals surface area contributed by atoms with Crippen LogP contribution in [0, 0.1) is 0 Å². The third-order valence-corrected chi connectivity index (χ3v) is 4.84. The average molecular weight is 359 g/mol. The Morgan fingerprint density at radius 3 is 2.84 bits per heavy atom. The minimum Gasteiger partial charge on any atom is -0.497 e. The zero-order chi connectivity index (χ0) is 17.6. The van der Waals surface area contributed by atoms with E-state index in [9.17, 15) is 4.79 Å². The lowest BCUT2D eigenvalue weighted by molar-refractivity contribution is -0.122. The average Bonchev–Trinajstić information content (AvgIpc) is 3.09. The molecule has 5 heteroatoms. The van der Waals surface area contributed by atoms with Gasteiger partial charge in [0.15, 0.2) is 0 Å². The number of rotatable bonds is 6. The van der Waals surface area contributed by atoms with Gasteiger partial charge in [-0.15, -0.1) is 0 Å². The van der Waals surface area contributed by atoms with Crippen molar-refractivity contribution in [3.63, 3.8) is 0 Å². The van der Waals surface area contributed by atoms with Crippen molar-refractivity contribution in [1.82, 2.24) is 10.2 Å². The normalized spacial score (nSPS) is 17.4. The van der Waals surface area contributed by atoms with Gasteiger partial charge in [0.05, 0.1) is 13.7 Å². The Hall–Kier alpha value is -2.04. The molecule has 25 heavy (non-hydrogen) atoms. The first-order chi connectivity index (χ1) is 12.2. The number of nitrogens with one attached hydrogen (secondary N) is 1. The Kier molecular flexibility index (Phi) is 5.95. The van der Waals surface area contributed by atoms with Crippen LogP contribution >= 0.6 is 11.6 Å². The van der Waals surface area contributed by atoms with Crippen LogP contribution in [0.4, 0.5) is 0 Å². The third kappa shape index (κ3) is 4.74. The lowest BCUT2D eigenvalue weighted by atomic mass is 10.0. The van der Waals surface area contributed by atoms with Gasteiger partial charge in [-0.25, -0.2) is 0 Å². The Morgan fingerprint density at radius 1 is 1.28 bits per heavy atom. The molecule has 1 saturated heterocycles. The Morgan fingerprint density at radius 2 is 2.08 bits per heavy atom. The van der Waals surface area contributed by atoms with Crippen molar-refractivity contribution in [2.24, 2.45) is 0 Å². The molecule has 1 amide bonds. The molecule has 2 aromatic rings. The first-order valence-corrected chi connectivity index (χ1v) is 8.92. The summed E-state index contributed by atoms with van der Waals surface area (Å²) < 4.78 is 5.32. The van der Waals surface area contributed by atoms with Gasteiger partial charge in [0.25, 0.3) is 0 Å². The zero-order valence-electron chi connectivity index (χ0n) is 14.4. The van der Waals surface area contributed by atoms with Crippen LogP contribution in [0.5, 0.6) is 5.75 Å². The Labute approximate surface area is 153 Å². The summed E-state index contributed by atoms with van der Waals surface area (Å²) in [6.07, 6.45) is 2.17. The molecule has 1 atom stereocenters. The van der Waals surface area contributed by atoms with E-state index in [1.807, 2.05) is 36.4 Å². The van der Waals surface area contributed by atoms with Crippen molar-refractivity contribution >= 4 is 17.5 Å². The van der Waals surface area contributed by atoms with Gasteiger partial charge in [-0.1, -0.05) is 35.9 Å². The number of hydrogen-bond acceptors (Lipinski definition) is 3. The number of halogens is 1. The molecule has 2 aromatic carbocycles. The minimum absolute atomic E-state index is 0.0461. The molecule has 0 radical (unpaired) electrons. The molecule has 0 aliphatic carbocycles. The van der Waals surface area contributed by atoms with Gasteiger partial charge < -0.3 is 10.1 Å². The molecule has 1 unspecified atom stereocenters. The second kappa shape index (κ2) is 8.37. The van der Waals surface area contributed by atoms with Crippen molar-refractivity contribution in [3.8, 4) is 5.75 Å². The number of ether oxygens (including phenoxy) is 1. The third-order valence-electron chi connectivity index (χ3n) is 4.59. The van der Waals surface area contributed by atoms with E-state index in [1.54, 1.807) is 7.11 Å². The number of nitrogens with zero attached hydrogens (tertiary/aromatic N) is 1. The Balaban J connectivity index is 1.57. The van der Waals surface area contributed by atoms with E-state index >= 15 is 0 Å². The SMILES string of the molecule is COc1cccc(C2CCCN2CC(=O)NCc2ccc(Cl)cc2)c1. The van der Waals surface area contributed by atoms with Crippen molar-refractivity contribution < 1.29 is 9.53 Å². The van der Waals surface area contributed by atoms with E-state index in [1.165, 1.54) is 5.56 Å². The first-order valence-electron chi connectivity index (χ1n) is 8.55. The lowest BCUT2D eigenvalue weighted by Crippen LogP contribution is -2.36. The minimum atomic E-state index is 0.0461. The molecule has 0 saturated carbocycles. The summed E-state index contributed by atoms with van der Waals surface area (Å²) in [5.41, 5.74) is 2.26. The summed E-state index contributed by atoms with van der Waals surface area (Å²) in [5.74, 6) is 0.904. The van der Waals surface area contributed by atoms with E-state index < -0.39 is 0 Å². The number of methoxy groups -OCH3 is 1. The highest BCUT2D eigenvalue weighted by atomic mass is 35.5. The predicted molar refractivity (Wildman–Crippen MR) is 99.8 cm³/mol. The van der Waals surface area contributed by atoms with Crippen LogP contribution in [0.25, 0.3) is 0 Å². The number of hydrogen-bond donors (Lipinski definition) is 1. The molecular formula is C20H23ClN2O2. The van der Waals surface area contributed by atoms with Crippen LogP contribution in [-0.2, 0) is 11.3 Å². The lowest BCUT2D eigenvalue weighted by Gasteiger charge is -2.24. The smallest absolute Gasteiger partial charge is 0.234 e. The second-order valence-electron chi connectivity index (χ2n) is 6.31. The van der Waals surface area contributed by atoms with Crippen LogP contribution in [0.2, 0.25) is 5.02 Å². The maximum absolute atomic E-state index is 12.3. The number of amides is 1. The van der Waals surface area contributed by atoms with Crippen molar-refractivity contribution in [3.05, 3.63) is 64.7 Å². The topological polar surface area (TPSA) is 41.6 Å². The van der Waals surface area contributed by atoms with E-state index in [-0.39, 0.29) is 11.9 Å². The monoisotopic (exact) mass is 358 g/mol. The maximum atomic E-state index is 12.3. The highest BCUT2D eigenvalue weighted by Gasteiger charge is 2.27. The van der Waals surface area contributed by atoms with Crippen molar-refractivity contribution in [2.75, 3.05) is 20.2 Å². The molecule has 0 aromatic heterocycles. The van der Waals surface area contributed by atoms with Crippen LogP contribution in [0.1, 0.15) is 30.0 Å². The molecule has 0 bridgehead atoms. The van der Waals surface area contributed by atoms with Gasteiger partial charge in [0, 0.05) is 17.6 Å². The predicted octanol–water partition coefficient (Wildman–Crippen LogP) is 3.80. The number of likely N-dealkylation sites (tertiary alicyclic amines) is 1. The molecule has 1 heterocycles. The molecular weight excluding hydrogens is 336 g/mol. The van der Waals surface area contributed by atoms with Gasteiger partial charge >= 0.3 is 0 Å². The second-order valence-corrected chi connectivity index (χ2v) is 6.74. The standard InChI is InChI=1S/C20H23ClN2O2/c1-25-18-5-2-4-16(12-18)19-6-3-11-23(19)14-20(24)22-13-15-7-9-17(21)10-8-15/h2,4-5,7-10,12,19H,3,6,11,13-14H2,1H3,(H,22,24). The van der Waals surface area contributed by atoms with E-state index in [0.717, 1.165) is 30.7 Å². The summed E-state index contributed by atoms with van der Waals surface area (Å²) in [4.78, 5) is 14.6. The molecule has 1 aliphatic rings. The van der Waals surface area contributed by atoms with E-state index in [0.29, 0.717) is 18.1 Å². The van der Waals surface area contributed by atoms with Gasteiger partial charge in [-0.3, -0.25) is 9.69 Å². The molecule has 1 fully saturated rings. The van der Waals surface area contributed by atoms with E-state index in [2.05, 4.69) is 22.3 Å².